The lowest BCUT2D eigenvalue weighted by atomic mass is 10.1. The first kappa shape index (κ1) is 13.8. The Hall–Kier alpha value is -1.29. The smallest absolute Gasteiger partial charge is 0.303 e. The number of carbonyl (C=O) groups is 1. The van der Waals surface area contributed by atoms with Crippen LogP contribution in [0.25, 0.3) is 0 Å². The van der Waals surface area contributed by atoms with Gasteiger partial charge in [0.2, 0.25) is 0 Å². The van der Waals surface area contributed by atoms with E-state index in [0.717, 1.165) is 44.2 Å². The Morgan fingerprint density at radius 2 is 2.12 bits per heavy atom. The van der Waals surface area contributed by atoms with Crippen LogP contribution >= 0.6 is 0 Å². The Labute approximate surface area is 102 Å². The van der Waals surface area contributed by atoms with E-state index in [4.69, 9.17) is 9.94 Å². The molecule has 0 fully saturated rings. The average molecular weight is 239 g/mol. The summed E-state index contributed by atoms with van der Waals surface area (Å²) < 4.78 is 0. The first-order valence-corrected chi connectivity index (χ1v) is 6.14. The minimum Gasteiger partial charge on any atom is -0.481 e. The summed E-state index contributed by atoms with van der Waals surface area (Å²) in [5.41, 5.74) is 5.27. The maximum absolute atomic E-state index is 10.3. The van der Waals surface area contributed by atoms with Crippen LogP contribution in [0.2, 0.25) is 0 Å². The molecule has 0 spiro atoms. The zero-order chi connectivity index (χ0) is 12.5. The van der Waals surface area contributed by atoms with Crippen LogP contribution in [0.4, 0.5) is 0 Å². The predicted molar refractivity (Wildman–Crippen MR) is 66.3 cm³/mol. The number of rotatable bonds is 9. The highest BCUT2D eigenvalue weighted by molar-refractivity contribution is 5.66. The van der Waals surface area contributed by atoms with Gasteiger partial charge in [0.05, 0.1) is 12.8 Å². The van der Waals surface area contributed by atoms with Gasteiger partial charge in [-0.2, -0.15) is 0 Å². The number of carboxylic acid groups (broad SMARTS) is 1. The molecule has 96 valence electrons. The van der Waals surface area contributed by atoms with E-state index in [2.05, 4.69) is 17.6 Å². The summed E-state index contributed by atoms with van der Waals surface area (Å²) in [6.45, 7) is 0. The van der Waals surface area contributed by atoms with E-state index >= 15 is 0 Å². The van der Waals surface area contributed by atoms with Gasteiger partial charge in [-0.1, -0.05) is 25.0 Å². The number of hydroxylamine groups is 1. The highest BCUT2D eigenvalue weighted by atomic mass is 16.6. The van der Waals surface area contributed by atoms with Crippen LogP contribution in [0.1, 0.15) is 44.9 Å². The second-order valence-electron chi connectivity index (χ2n) is 4.20. The SMILES string of the molecule is CONC1=CCC=C1CCCCCCC(=O)O. The number of carboxylic acids is 1. The Morgan fingerprint density at radius 3 is 2.82 bits per heavy atom. The molecule has 0 aliphatic heterocycles. The van der Waals surface area contributed by atoms with Crippen LogP contribution in [0.5, 0.6) is 0 Å². The largest absolute Gasteiger partial charge is 0.481 e. The summed E-state index contributed by atoms with van der Waals surface area (Å²) >= 11 is 0. The standard InChI is InChI=1S/C13H21NO3/c1-17-14-12-9-6-8-11(12)7-4-2-3-5-10-13(15)16/h8-9,14H,2-7,10H2,1H3,(H,15,16). The second kappa shape index (κ2) is 7.90. The van der Waals surface area contributed by atoms with Gasteiger partial charge in [0.25, 0.3) is 0 Å². The van der Waals surface area contributed by atoms with Crippen molar-refractivity contribution in [3.8, 4) is 0 Å². The summed E-state index contributed by atoms with van der Waals surface area (Å²) in [5, 5.41) is 8.50. The number of allylic oxidation sites excluding steroid dienone is 3. The summed E-state index contributed by atoms with van der Waals surface area (Å²) in [5.74, 6) is -0.696. The van der Waals surface area contributed by atoms with Crippen molar-refractivity contribution >= 4 is 5.97 Å². The van der Waals surface area contributed by atoms with Crippen LogP contribution in [0.3, 0.4) is 0 Å². The Kier molecular flexibility index (Phi) is 6.40. The monoisotopic (exact) mass is 239 g/mol. The molecule has 1 rings (SSSR count). The summed E-state index contributed by atoms with van der Waals surface area (Å²) in [6, 6.07) is 0. The average Bonchev–Trinajstić information content (AvgIpc) is 2.71. The van der Waals surface area contributed by atoms with Gasteiger partial charge >= 0.3 is 5.97 Å². The Bertz CT molecular complexity index is 308. The molecule has 0 amide bonds. The minimum absolute atomic E-state index is 0.291. The van der Waals surface area contributed by atoms with Crippen LogP contribution in [-0.4, -0.2) is 18.2 Å². The first-order valence-electron chi connectivity index (χ1n) is 6.14. The molecule has 1 aliphatic rings. The van der Waals surface area contributed by atoms with Gasteiger partial charge < -0.3 is 5.11 Å². The van der Waals surface area contributed by atoms with Crippen molar-refractivity contribution in [2.75, 3.05) is 7.11 Å². The molecule has 0 aromatic heterocycles. The lowest BCUT2D eigenvalue weighted by Crippen LogP contribution is -2.11. The number of unbranched alkanes of at least 4 members (excludes halogenated alkanes) is 3. The van der Waals surface area contributed by atoms with E-state index in [0.29, 0.717) is 6.42 Å². The molecule has 0 bridgehead atoms. The van der Waals surface area contributed by atoms with Crippen LogP contribution < -0.4 is 5.48 Å². The van der Waals surface area contributed by atoms with Crippen molar-refractivity contribution < 1.29 is 14.7 Å². The second-order valence-corrected chi connectivity index (χ2v) is 4.20. The third-order valence-electron chi connectivity index (χ3n) is 2.83. The van der Waals surface area contributed by atoms with Gasteiger partial charge in [-0.05, 0) is 31.3 Å². The van der Waals surface area contributed by atoms with Crippen LogP contribution in [0, 0.1) is 0 Å². The van der Waals surface area contributed by atoms with Crippen molar-refractivity contribution in [2.45, 2.75) is 44.9 Å². The maximum Gasteiger partial charge on any atom is 0.303 e. The highest BCUT2D eigenvalue weighted by Crippen LogP contribution is 2.22. The topological polar surface area (TPSA) is 58.6 Å². The van der Waals surface area contributed by atoms with Gasteiger partial charge in [-0.25, -0.2) is 0 Å². The summed E-state index contributed by atoms with van der Waals surface area (Å²) in [4.78, 5) is 15.2. The van der Waals surface area contributed by atoms with Crippen LogP contribution in [-0.2, 0) is 9.63 Å². The van der Waals surface area contributed by atoms with Crippen molar-refractivity contribution in [1.82, 2.24) is 5.48 Å². The molecular weight excluding hydrogens is 218 g/mol. The molecule has 2 N–H and O–H groups in total. The highest BCUT2D eigenvalue weighted by Gasteiger charge is 2.08. The third kappa shape index (κ3) is 5.54. The number of nitrogens with one attached hydrogen (secondary N) is 1. The molecule has 4 nitrogen and oxygen atoms in total. The van der Waals surface area contributed by atoms with Gasteiger partial charge in [-0.3, -0.25) is 15.1 Å². The van der Waals surface area contributed by atoms with Gasteiger partial charge in [-0.15, -0.1) is 0 Å². The van der Waals surface area contributed by atoms with Crippen LogP contribution in [0.15, 0.2) is 23.4 Å². The normalized spacial score (nSPS) is 14.4. The molecule has 0 heterocycles. The van der Waals surface area contributed by atoms with Crippen molar-refractivity contribution in [2.24, 2.45) is 0 Å². The fraction of sp³-hybridized carbons (Fsp3) is 0.615. The number of aliphatic carboxylic acids is 1. The Balaban J connectivity index is 2.07. The molecular formula is C13H21NO3. The molecule has 4 heteroatoms. The molecule has 0 aromatic carbocycles. The first-order chi connectivity index (χ1) is 8.24. The van der Waals surface area contributed by atoms with Gasteiger partial charge in [0, 0.05) is 6.42 Å². The van der Waals surface area contributed by atoms with Crippen molar-refractivity contribution in [3.05, 3.63) is 23.4 Å². The molecule has 0 atom stereocenters. The third-order valence-corrected chi connectivity index (χ3v) is 2.83. The van der Waals surface area contributed by atoms with E-state index < -0.39 is 5.97 Å². The van der Waals surface area contributed by atoms with Gasteiger partial charge in [0.15, 0.2) is 0 Å². The van der Waals surface area contributed by atoms with E-state index in [1.807, 2.05) is 0 Å². The fourth-order valence-corrected chi connectivity index (χ4v) is 1.96. The zero-order valence-corrected chi connectivity index (χ0v) is 10.4. The molecule has 0 unspecified atom stereocenters. The quantitative estimate of drug-likeness (QED) is 0.480. The van der Waals surface area contributed by atoms with Crippen molar-refractivity contribution in [1.29, 1.82) is 0 Å². The van der Waals surface area contributed by atoms with E-state index in [1.54, 1.807) is 7.11 Å². The number of hydrogen-bond acceptors (Lipinski definition) is 3. The minimum atomic E-state index is -0.696. The Morgan fingerprint density at radius 1 is 1.35 bits per heavy atom. The molecule has 0 radical (unpaired) electrons. The lowest BCUT2D eigenvalue weighted by molar-refractivity contribution is -0.137. The lowest BCUT2D eigenvalue weighted by Gasteiger charge is -2.09. The molecule has 0 aromatic rings. The van der Waals surface area contributed by atoms with Crippen molar-refractivity contribution in [3.63, 3.8) is 0 Å². The fourth-order valence-electron chi connectivity index (χ4n) is 1.96. The number of hydrogen-bond donors (Lipinski definition) is 2. The molecule has 1 aliphatic carbocycles. The van der Waals surface area contributed by atoms with Gasteiger partial charge in [0.1, 0.15) is 0 Å². The maximum atomic E-state index is 10.3. The molecule has 17 heavy (non-hydrogen) atoms. The summed E-state index contributed by atoms with van der Waals surface area (Å²) in [7, 11) is 1.61. The molecule has 0 saturated carbocycles. The van der Waals surface area contributed by atoms with E-state index in [-0.39, 0.29) is 0 Å². The zero-order valence-electron chi connectivity index (χ0n) is 10.4. The van der Waals surface area contributed by atoms with E-state index in [9.17, 15) is 4.79 Å². The summed E-state index contributed by atoms with van der Waals surface area (Å²) in [6.07, 6.45) is 10.6. The van der Waals surface area contributed by atoms with E-state index in [1.165, 1.54) is 5.57 Å². The predicted octanol–water partition coefficient (Wildman–Crippen LogP) is 2.78. The molecule has 0 saturated heterocycles.